The van der Waals surface area contributed by atoms with Crippen molar-refractivity contribution in [3.63, 3.8) is 0 Å². The Morgan fingerprint density at radius 1 is 1.33 bits per heavy atom. The molecule has 2 saturated heterocycles. The Morgan fingerprint density at radius 2 is 2.10 bits per heavy atom. The first-order valence-electron chi connectivity index (χ1n) is 7.47. The number of nitrogens with one attached hydrogen (secondary N) is 1. The van der Waals surface area contributed by atoms with Gasteiger partial charge in [0, 0.05) is 19.6 Å². The molecule has 0 atom stereocenters. The van der Waals surface area contributed by atoms with Gasteiger partial charge in [0.05, 0.1) is 12.7 Å². The van der Waals surface area contributed by atoms with E-state index in [0.717, 1.165) is 39.0 Å². The van der Waals surface area contributed by atoms with Crippen LogP contribution in [0.3, 0.4) is 0 Å². The Hall–Kier alpha value is -1.62. The number of carbonyl (C=O) groups is 1. The average molecular weight is 292 g/mol. The lowest BCUT2D eigenvalue weighted by molar-refractivity contribution is 0.0604. The second-order valence-corrected chi connectivity index (χ2v) is 6.06. The number of benzene rings is 1. The Bertz CT molecular complexity index is 531. The molecule has 1 aromatic rings. The van der Waals surface area contributed by atoms with Crippen LogP contribution in [-0.4, -0.2) is 44.1 Å². The van der Waals surface area contributed by atoms with Crippen molar-refractivity contribution in [2.75, 3.05) is 33.3 Å². The largest absolute Gasteiger partial charge is 0.496 e. The van der Waals surface area contributed by atoms with Gasteiger partial charge in [-0.05, 0) is 49.4 Å². The standard InChI is InChI=1S/C16H21FN2O2/c1-21-14-3-2-12(17)10-13(14)15(20)19-8-5-16(6-9-19)4-7-18-11-16/h2-3,10,18H,4-9,11H2,1H3. The highest BCUT2D eigenvalue weighted by Crippen LogP contribution is 2.37. The van der Waals surface area contributed by atoms with Gasteiger partial charge in [0.25, 0.3) is 5.91 Å². The summed E-state index contributed by atoms with van der Waals surface area (Å²) in [6.07, 6.45) is 3.23. The van der Waals surface area contributed by atoms with Gasteiger partial charge in [-0.2, -0.15) is 0 Å². The molecule has 0 radical (unpaired) electrons. The number of piperidine rings is 1. The van der Waals surface area contributed by atoms with E-state index in [1.165, 1.54) is 31.7 Å². The van der Waals surface area contributed by atoms with Crippen molar-refractivity contribution in [1.82, 2.24) is 10.2 Å². The lowest BCUT2D eigenvalue weighted by Gasteiger charge is -2.39. The van der Waals surface area contributed by atoms with Crippen LogP contribution in [0.4, 0.5) is 4.39 Å². The molecule has 5 heteroatoms. The van der Waals surface area contributed by atoms with Gasteiger partial charge in [-0.3, -0.25) is 4.79 Å². The Kier molecular flexibility index (Phi) is 3.85. The quantitative estimate of drug-likeness (QED) is 0.907. The van der Waals surface area contributed by atoms with Crippen LogP contribution < -0.4 is 10.1 Å². The van der Waals surface area contributed by atoms with Crippen LogP contribution in [0.2, 0.25) is 0 Å². The van der Waals surface area contributed by atoms with E-state index in [0.29, 0.717) is 16.7 Å². The fraction of sp³-hybridized carbons (Fsp3) is 0.562. The van der Waals surface area contributed by atoms with Crippen molar-refractivity contribution >= 4 is 5.91 Å². The summed E-state index contributed by atoms with van der Waals surface area (Å²) >= 11 is 0. The first kappa shape index (κ1) is 14.3. The molecule has 4 nitrogen and oxygen atoms in total. The molecule has 1 aromatic carbocycles. The minimum Gasteiger partial charge on any atom is -0.496 e. The molecule has 0 unspecified atom stereocenters. The number of likely N-dealkylation sites (tertiary alicyclic amines) is 1. The average Bonchev–Trinajstić information content (AvgIpc) is 2.95. The molecule has 2 heterocycles. The minimum atomic E-state index is -0.410. The van der Waals surface area contributed by atoms with E-state index in [4.69, 9.17) is 4.74 Å². The number of halogens is 1. The lowest BCUT2D eigenvalue weighted by atomic mass is 9.78. The molecule has 2 fully saturated rings. The third-order valence-electron chi connectivity index (χ3n) is 4.84. The van der Waals surface area contributed by atoms with E-state index in [-0.39, 0.29) is 5.91 Å². The fourth-order valence-corrected chi connectivity index (χ4v) is 3.42. The molecular formula is C16H21FN2O2. The zero-order valence-electron chi connectivity index (χ0n) is 12.3. The third kappa shape index (κ3) is 2.75. The number of hydrogen-bond acceptors (Lipinski definition) is 3. The smallest absolute Gasteiger partial charge is 0.257 e. The third-order valence-corrected chi connectivity index (χ3v) is 4.84. The maximum atomic E-state index is 13.4. The SMILES string of the molecule is COc1ccc(F)cc1C(=O)N1CCC2(CCNC2)CC1. The van der Waals surface area contributed by atoms with Crippen molar-refractivity contribution in [2.24, 2.45) is 5.41 Å². The van der Waals surface area contributed by atoms with Crippen LogP contribution in [0.5, 0.6) is 5.75 Å². The molecule has 1 amide bonds. The number of rotatable bonds is 2. The van der Waals surface area contributed by atoms with E-state index in [9.17, 15) is 9.18 Å². The molecule has 0 aliphatic carbocycles. The summed E-state index contributed by atoms with van der Waals surface area (Å²) < 4.78 is 18.6. The molecule has 0 bridgehead atoms. The van der Waals surface area contributed by atoms with Crippen LogP contribution in [-0.2, 0) is 0 Å². The molecule has 1 N–H and O–H groups in total. The van der Waals surface area contributed by atoms with Gasteiger partial charge in [0.2, 0.25) is 0 Å². The van der Waals surface area contributed by atoms with Gasteiger partial charge in [0.1, 0.15) is 11.6 Å². The van der Waals surface area contributed by atoms with Crippen LogP contribution >= 0.6 is 0 Å². The monoisotopic (exact) mass is 292 g/mol. The summed E-state index contributed by atoms with van der Waals surface area (Å²) in [5.74, 6) is -0.107. The zero-order valence-corrected chi connectivity index (χ0v) is 12.3. The fourth-order valence-electron chi connectivity index (χ4n) is 3.42. The number of hydrogen-bond donors (Lipinski definition) is 1. The van der Waals surface area contributed by atoms with Gasteiger partial charge in [-0.15, -0.1) is 0 Å². The lowest BCUT2D eigenvalue weighted by Crippen LogP contribution is -2.44. The molecule has 1 spiro atoms. The van der Waals surface area contributed by atoms with Crippen LogP contribution in [0.25, 0.3) is 0 Å². The molecule has 2 aliphatic rings. The predicted molar refractivity (Wildman–Crippen MR) is 78.0 cm³/mol. The molecule has 2 aliphatic heterocycles. The highest BCUT2D eigenvalue weighted by Gasteiger charge is 2.38. The van der Waals surface area contributed by atoms with Crippen molar-refractivity contribution < 1.29 is 13.9 Å². The summed E-state index contributed by atoms with van der Waals surface area (Å²) in [7, 11) is 1.50. The van der Waals surface area contributed by atoms with Crippen LogP contribution in [0.1, 0.15) is 29.6 Å². The van der Waals surface area contributed by atoms with Gasteiger partial charge in [-0.1, -0.05) is 0 Å². The molecule has 3 rings (SSSR count). The summed E-state index contributed by atoms with van der Waals surface area (Å²) in [6, 6.07) is 4.09. The maximum Gasteiger partial charge on any atom is 0.257 e. The van der Waals surface area contributed by atoms with Crippen molar-refractivity contribution in [3.8, 4) is 5.75 Å². The first-order chi connectivity index (χ1) is 10.1. The van der Waals surface area contributed by atoms with E-state index in [1.807, 2.05) is 4.90 Å². The highest BCUT2D eigenvalue weighted by molar-refractivity contribution is 5.97. The number of nitrogens with zero attached hydrogens (tertiary/aromatic N) is 1. The molecule has 21 heavy (non-hydrogen) atoms. The summed E-state index contributed by atoms with van der Waals surface area (Å²) in [5, 5.41) is 3.41. The zero-order chi connectivity index (χ0) is 14.9. The van der Waals surface area contributed by atoms with Gasteiger partial charge in [-0.25, -0.2) is 4.39 Å². The molecular weight excluding hydrogens is 271 g/mol. The van der Waals surface area contributed by atoms with Crippen molar-refractivity contribution in [1.29, 1.82) is 0 Å². The van der Waals surface area contributed by atoms with Gasteiger partial charge < -0.3 is 15.0 Å². The number of carbonyl (C=O) groups excluding carboxylic acids is 1. The second kappa shape index (κ2) is 5.64. The molecule has 114 valence electrons. The predicted octanol–water partition coefficient (Wildman–Crippen LogP) is 2.05. The minimum absolute atomic E-state index is 0.132. The van der Waals surface area contributed by atoms with E-state index >= 15 is 0 Å². The van der Waals surface area contributed by atoms with E-state index in [1.54, 1.807) is 0 Å². The summed E-state index contributed by atoms with van der Waals surface area (Å²) in [6.45, 7) is 3.60. The van der Waals surface area contributed by atoms with Crippen LogP contribution in [0, 0.1) is 11.2 Å². The first-order valence-corrected chi connectivity index (χ1v) is 7.47. The van der Waals surface area contributed by atoms with Crippen molar-refractivity contribution in [3.05, 3.63) is 29.6 Å². The second-order valence-electron chi connectivity index (χ2n) is 6.06. The molecule has 0 saturated carbocycles. The summed E-state index contributed by atoms with van der Waals surface area (Å²) in [4.78, 5) is 14.4. The topological polar surface area (TPSA) is 41.6 Å². The molecule has 0 aromatic heterocycles. The Balaban J connectivity index is 1.73. The number of amides is 1. The normalized spacial score (nSPS) is 20.8. The summed E-state index contributed by atoms with van der Waals surface area (Å²) in [5.41, 5.74) is 0.681. The van der Waals surface area contributed by atoms with Crippen molar-refractivity contribution in [2.45, 2.75) is 19.3 Å². The number of ether oxygens (including phenoxy) is 1. The van der Waals surface area contributed by atoms with Crippen LogP contribution in [0.15, 0.2) is 18.2 Å². The maximum absolute atomic E-state index is 13.4. The Labute approximate surface area is 124 Å². The highest BCUT2D eigenvalue weighted by atomic mass is 19.1. The van der Waals surface area contributed by atoms with E-state index < -0.39 is 5.82 Å². The Morgan fingerprint density at radius 3 is 2.71 bits per heavy atom. The van der Waals surface area contributed by atoms with Gasteiger partial charge in [0.15, 0.2) is 0 Å². The number of methoxy groups -OCH3 is 1. The van der Waals surface area contributed by atoms with Gasteiger partial charge >= 0.3 is 0 Å². The van der Waals surface area contributed by atoms with E-state index in [2.05, 4.69) is 5.32 Å².